The largest absolute Gasteiger partial charge is 0.370 e. The van der Waals surface area contributed by atoms with E-state index in [1.807, 2.05) is 30.3 Å². The third kappa shape index (κ3) is 2.68. The van der Waals surface area contributed by atoms with Crippen LogP contribution in [0.1, 0.15) is 36.9 Å². The van der Waals surface area contributed by atoms with E-state index in [4.69, 9.17) is 0 Å². The lowest BCUT2D eigenvalue weighted by molar-refractivity contribution is -0.116. The zero-order valence-electron chi connectivity index (χ0n) is 12.0. The molecular weight excluding hydrogens is 328 g/mol. The van der Waals surface area contributed by atoms with Gasteiger partial charge < -0.3 is 10.6 Å². The van der Waals surface area contributed by atoms with Crippen LogP contribution in [-0.2, 0) is 4.79 Å². The quantitative estimate of drug-likeness (QED) is 0.848. The fourth-order valence-electron chi connectivity index (χ4n) is 2.57. The molecule has 3 rings (SSSR count). The minimum Gasteiger partial charge on any atom is -0.370 e. The van der Waals surface area contributed by atoms with Gasteiger partial charge in [0.1, 0.15) is 6.04 Å². The first-order chi connectivity index (χ1) is 10.1. The molecule has 2 N–H and O–H groups in total. The van der Waals surface area contributed by atoms with Crippen molar-refractivity contribution in [1.82, 2.24) is 0 Å². The Hall–Kier alpha value is -1.81. The Morgan fingerprint density at radius 3 is 2.71 bits per heavy atom. The summed E-state index contributed by atoms with van der Waals surface area (Å²) >= 11 is 3.53. The van der Waals surface area contributed by atoms with Crippen molar-refractivity contribution < 1.29 is 4.79 Å². The first-order valence-corrected chi connectivity index (χ1v) is 7.81. The number of halogens is 1. The SMILES string of the molecule is CC(C)c1cccc(NC2C(=O)Nc3cccc(Br)c32)c1. The van der Waals surface area contributed by atoms with Gasteiger partial charge in [-0.3, -0.25) is 4.79 Å². The Kier molecular flexibility index (Phi) is 3.72. The highest BCUT2D eigenvalue weighted by Crippen LogP contribution is 2.38. The number of carbonyl (C=O) groups is 1. The molecule has 0 saturated carbocycles. The van der Waals surface area contributed by atoms with Crippen LogP contribution in [0, 0.1) is 0 Å². The Morgan fingerprint density at radius 2 is 1.95 bits per heavy atom. The number of benzene rings is 2. The van der Waals surface area contributed by atoms with Crippen LogP contribution >= 0.6 is 15.9 Å². The second-order valence-corrected chi connectivity index (χ2v) is 6.40. The Bertz CT molecular complexity index is 697. The van der Waals surface area contributed by atoms with E-state index in [9.17, 15) is 4.79 Å². The summed E-state index contributed by atoms with van der Waals surface area (Å²) < 4.78 is 0.941. The molecule has 0 spiro atoms. The molecule has 0 fully saturated rings. The molecule has 0 bridgehead atoms. The molecule has 108 valence electrons. The Morgan fingerprint density at radius 1 is 1.19 bits per heavy atom. The maximum absolute atomic E-state index is 12.2. The van der Waals surface area contributed by atoms with Crippen LogP contribution in [0.25, 0.3) is 0 Å². The minimum absolute atomic E-state index is 0.0214. The molecule has 1 heterocycles. The molecule has 0 radical (unpaired) electrons. The molecule has 3 nitrogen and oxygen atoms in total. The molecule has 4 heteroatoms. The van der Waals surface area contributed by atoms with Crippen LogP contribution in [0.2, 0.25) is 0 Å². The van der Waals surface area contributed by atoms with Crippen LogP contribution in [0.3, 0.4) is 0 Å². The molecule has 1 aliphatic rings. The summed E-state index contributed by atoms with van der Waals surface area (Å²) in [4.78, 5) is 12.2. The lowest BCUT2D eigenvalue weighted by Crippen LogP contribution is -2.20. The van der Waals surface area contributed by atoms with Gasteiger partial charge in [0.05, 0.1) is 0 Å². The molecule has 2 aromatic carbocycles. The third-order valence-electron chi connectivity index (χ3n) is 3.73. The number of rotatable bonds is 3. The number of fused-ring (bicyclic) bond motifs is 1. The van der Waals surface area contributed by atoms with Crippen LogP contribution < -0.4 is 10.6 Å². The van der Waals surface area contributed by atoms with Gasteiger partial charge in [0.25, 0.3) is 5.91 Å². The second-order valence-electron chi connectivity index (χ2n) is 5.55. The van der Waals surface area contributed by atoms with Gasteiger partial charge in [0.15, 0.2) is 0 Å². The van der Waals surface area contributed by atoms with Gasteiger partial charge in [0, 0.05) is 21.4 Å². The maximum Gasteiger partial charge on any atom is 0.251 e. The summed E-state index contributed by atoms with van der Waals surface area (Å²) in [7, 11) is 0. The summed E-state index contributed by atoms with van der Waals surface area (Å²) in [6, 6.07) is 13.7. The van der Waals surface area contributed by atoms with Crippen LogP contribution in [0.5, 0.6) is 0 Å². The number of anilines is 2. The fraction of sp³-hybridized carbons (Fsp3) is 0.235. The summed E-state index contributed by atoms with van der Waals surface area (Å²) in [5.41, 5.74) is 4.06. The van der Waals surface area contributed by atoms with E-state index in [0.29, 0.717) is 5.92 Å². The van der Waals surface area contributed by atoms with Gasteiger partial charge in [0.2, 0.25) is 0 Å². The summed E-state index contributed by atoms with van der Waals surface area (Å²) in [5, 5.41) is 6.26. The van der Waals surface area contributed by atoms with E-state index in [1.54, 1.807) is 0 Å². The lowest BCUT2D eigenvalue weighted by atomic mass is 10.0. The van der Waals surface area contributed by atoms with Gasteiger partial charge in [-0.05, 0) is 35.7 Å². The van der Waals surface area contributed by atoms with Crippen molar-refractivity contribution in [2.45, 2.75) is 25.8 Å². The van der Waals surface area contributed by atoms with Crippen molar-refractivity contribution in [3.8, 4) is 0 Å². The molecule has 1 atom stereocenters. The number of hydrogen-bond acceptors (Lipinski definition) is 2. The summed E-state index contributed by atoms with van der Waals surface area (Å²) in [6.45, 7) is 4.32. The van der Waals surface area contributed by atoms with E-state index < -0.39 is 0 Å². The monoisotopic (exact) mass is 344 g/mol. The predicted molar refractivity (Wildman–Crippen MR) is 89.7 cm³/mol. The van der Waals surface area contributed by atoms with Crippen molar-refractivity contribution >= 4 is 33.2 Å². The van der Waals surface area contributed by atoms with E-state index in [1.165, 1.54) is 5.56 Å². The maximum atomic E-state index is 12.2. The Labute approximate surface area is 132 Å². The van der Waals surface area contributed by atoms with Crippen molar-refractivity contribution in [3.63, 3.8) is 0 Å². The molecule has 1 amide bonds. The molecule has 0 aliphatic carbocycles. The van der Waals surface area contributed by atoms with Crippen molar-refractivity contribution in [2.24, 2.45) is 0 Å². The van der Waals surface area contributed by atoms with E-state index in [-0.39, 0.29) is 11.9 Å². The first-order valence-electron chi connectivity index (χ1n) is 7.02. The second kappa shape index (κ2) is 5.53. The van der Waals surface area contributed by atoms with Gasteiger partial charge in [-0.25, -0.2) is 0 Å². The smallest absolute Gasteiger partial charge is 0.251 e. The van der Waals surface area contributed by atoms with Gasteiger partial charge in [-0.1, -0.05) is 48.0 Å². The molecular formula is C17H17BrN2O. The van der Waals surface area contributed by atoms with Crippen molar-refractivity contribution in [2.75, 3.05) is 10.6 Å². The predicted octanol–water partition coefficient (Wildman–Crippen LogP) is 4.68. The van der Waals surface area contributed by atoms with Crippen LogP contribution in [0.15, 0.2) is 46.9 Å². The van der Waals surface area contributed by atoms with E-state index >= 15 is 0 Å². The highest BCUT2D eigenvalue weighted by atomic mass is 79.9. The van der Waals surface area contributed by atoms with E-state index in [2.05, 4.69) is 52.5 Å². The summed E-state index contributed by atoms with van der Waals surface area (Å²) in [5.74, 6) is 0.440. The number of nitrogens with one attached hydrogen (secondary N) is 2. The number of hydrogen-bond donors (Lipinski definition) is 2. The van der Waals surface area contributed by atoms with E-state index in [0.717, 1.165) is 21.4 Å². The molecule has 1 aliphatic heterocycles. The highest BCUT2D eigenvalue weighted by Gasteiger charge is 2.32. The van der Waals surface area contributed by atoms with Gasteiger partial charge >= 0.3 is 0 Å². The third-order valence-corrected chi connectivity index (χ3v) is 4.42. The lowest BCUT2D eigenvalue weighted by Gasteiger charge is -2.16. The average molecular weight is 345 g/mol. The Balaban J connectivity index is 1.93. The number of carbonyl (C=O) groups excluding carboxylic acids is 1. The average Bonchev–Trinajstić information content (AvgIpc) is 2.77. The van der Waals surface area contributed by atoms with Gasteiger partial charge in [-0.2, -0.15) is 0 Å². The molecule has 1 unspecified atom stereocenters. The van der Waals surface area contributed by atoms with Gasteiger partial charge in [-0.15, -0.1) is 0 Å². The standard InChI is InChI=1S/C17H17BrN2O/c1-10(2)11-5-3-6-12(9-11)19-16-15-13(18)7-4-8-14(15)20-17(16)21/h3-10,16,19H,1-2H3,(H,20,21). The first kappa shape index (κ1) is 14.1. The van der Waals surface area contributed by atoms with Crippen molar-refractivity contribution in [1.29, 1.82) is 0 Å². The van der Waals surface area contributed by atoms with Crippen molar-refractivity contribution in [3.05, 3.63) is 58.1 Å². The fourth-order valence-corrected chi connectivity index (χ4v) is 3.16. The molecule has 2 aromatic rings. The zero-order valence-corrected chi connectivity index (χ0v) is 13.6. The molecule has 0 aromatic heterocycles. The molecule has 0 saturated heterocycles. The molecule has 21 heavy (non-hydrogen) atoms. The normalized spacial score (nSPS) is 16.8. The van der Waals surface area contributed by atoms with Crippen LogP contribution in [-0.4, -0.2) is 5.91 Å². The topological polar surface area (TPSA) is 41.1 Å². The zero-order chi connectivity index (χ0) is 15.0. The highest BCUT2D eigenvalue weighted by molar-refractivity contribution is 9.10. The summed E-state index contributed by atoms with van der Waals surface area (Å²) in [6.07, 6.45) is 0. The van der Waals surface area contributed by atoms with Crippen LogP contribution in [0.4, 0.5) is 11.4 Å². The number of amides is 1. The minimum atomic E-state index is -0.363.